The van der Waals surface area contributed by atoms with E-state index in [9.17, 15) is 9.90 Å². The van der Waals surface area contributed by atoms with Crippen LogP contribution in [0.5, 0.6) is 0 Å². The number of rotatable bonds is 4. The van der Waals surface area contributed by atoms with Crippen molar-refractivity contribution in [3.05, 3.63) is 34.9 Å². The monoisotopic (exact) mass is 343 g/mol. The van der Waals surface area contributed by atoms with Crippen LogP contribution in [-0.2, 0) is 16.6 Å². The zero-order chi connectivity index (χ0) is 18.2. The Bertz CT molecular complexity index is 655. The van der Waals surface area contributed by atoms with Gasteiger partial charge in [0.05, 0.1) is 0 Å². The fraction of sp³-hybridized carbons (Fsp3) is 0.682. The van der Waals surface area contributed by atoms with Gasteiger partial charge in [-0.25, -0.2) is 0 Å². The summed E-state index contributed by atoms with van der Waals surface area (Å²) in [5.41, 5.74) is 4.60. The summed E-state index contributed by atoms with van der Waals surface area (Å²) >= 11 is 0. The fourth-order valence-electron chi connectivity index (χ4n) is 5.59. The van der Waals surface area contributed by atoms with Crippen LogP contribution in [0.2, 0.25) is 0 Å². The standard InChI is InChI=1S/C22H33NO2/c1-15(13-24)17-6-8-19-18(12-17)7-9-20-21(3,14-23-16(2)25)10-5-11-22(19,20)4/h6,8,12,15,20,24H,5,7,9-11,13-14H2,1-4H3,(H,23,25)/t15?,20?,21-,22+/m0/s1. The van der Waals surface area contributed by atoms with E-state index < -0.39 is 0 Å². The molecular weight excluding hydrogens is 310 g/mol. The summed E-state index contributed by atoms with van der Waals surface area (Å²) in [5.74, 6) is 0.883. The van der Waals surface area contributed by atoms with Crippen LogP contribution in [0.15, 0.2) is 18.2 Å². The van der Waals surface area contributed by atoms with E-state index in [4.69, 9.17) is 0 Å². The summed E-state index contributed by atoms with van der Waals surface area (Å²) in [7, 11) is 0. The van der Waals surface area contributed by atoms with Crippen molar-refractivity contribution in [3.63, 3.8) is 0 Å². The number of benzene rings is 1. The number of nitrogens with one attached hydrogen (secondary N) is 1. The molecule has 1 amide bonds. The number of aliphatic hydroxyl groups excluding tert-OH is 1. The summed E-state index contributed by atoms with van der Waals surface area (Å²) in [6.07, 6.45) is 5.95. The number of aryl methyl sites for hydroxylation is 1. The van der Waals surface area contributed by atoms with Crippen LogP contribution in [0.25, 0.3) is 0 Å². The number of fused-ring (bicyclic) bond motifs is 3. The van der Waals surface area contributed by atoms with Gasteiger partial charge in [0.25, 0.3) is 0 Å². The zero-order valence-corrected chi connectivity index (χ0v) is 16.2. The van der Waals surface area contributed by atoms with Crippen molar-refractivity contribution >= 4 is 5.91 Å². The summed E-state index contributed by atoms with van der Waals surface area (Å²) in [6, 6.07) is 6.87. The SMILES string of the molecule is CC(=O)NC[C@]1(C)CCC[C@]2(C)c3ccc(C(C)CO)cc3CCC12. The first kappa shape index (κ1) is 18.4. The molecule has 0 heterocycles. The minimum absolute atomic E-state index is 0.0762. The lowest BCUT2D eigenvalue weighted by Gasteiger charge is -2.55. The van der Waals surface area contributed by atoms with Crippen LogP contribution >= 0.6 is 0 Å². The minimum Gasteiger partial charge on any atom is -0.396 e. The second-order valence-corrected chi connectivity index (χ2v) is 8.93. The van der Waals surface area contributed by atoms with E-state index in [2.05, 4.69) is 44.3 Å². The lowest BCUT2D eigenvalue weighted by atomic mass is 9.49. The van der Waals surface area contributed by atoms with E-state index in [1.807, 2.05) is 0 Å². The average Bonchev–Trinajstić information content (AvgIpc) is 2.59. The van der Waals surface area contributed by atoms with Crippen LogP contribution in [0.1, 0.15) is 76.0 Å². The second-order valence-electron chi connectivity index (χ2n) is 8.93. The van der Waals surface area contributed by atoms with Gasteiger partial charge in [-0.1, -0.05) is 45.4 Å². The van der Waals surface area contributed by atoms with Crippen molar-refractivity contribution in [2.24, 2.45) is 11.3 Å². The van der Waals surface area contributed by atoms with Crippen molar-refractivity contribution in [1.82, 2.24) is 5.32 Å². The largest absolute Gasteiger partial charge is 0.396 e. The molecule has 25 heavy (non-hydrogen) atoms. The Kier molecular flexibility index (Phi) is 4.98. The highest BCUT2D eigenvalue weighted by atomic mass is 16.3. The molecule has 0 bridgehead atoms. The topological polar surface area (TPSA) is 49.3 Å². The van der Waals surface area contributed by atoms with Gasteiger partial charge >= 0.3 is 0 Å². The first-order valence-corrected chi connectivity index (χ1v) is 9.79. The maximum Gasteiger partial charge on any atom is 0.216 e. The van der Waals surface area contributed by atoms with Crippen LogP contribution < -0.4 is 5.32 Å². The third kappa shape index (κ3) is 3.23. The van der Waals surface area contributed by atoms with E-state index >= 15 is 0 Å². The first-order valence-electron chi connectivity index (χ1n) is 9.79. The van der Waals surface area contributed by atoms with Crippen molar-refractivity contribution < 1.29 is 9.90 Å². The molecule has 3 heteroatoms. The molecule has 1 fully saturated rings. The van der Waals surface area contributed by atoms with Gasteiger partial charge in [0.1, 0.15) is 0 Å². The van der Waals surface area contributed by atoms with Crippen molar-refractivity contribution in [3.8, 4) is 0 Å². The Morgan fingerprint density at radius 2 is 2.12 bits per heavy atom. The Labute approximate surface area is 152 Å². The van der Waals surface area contributed by atoms with Gasteiger partial charge in [-0.2, -0.15) is 0 Å². The van der Waals surface area contributed by atoms with Gasteiger partial charge in [0, 0.05) is 26.0 Å². The highest BCUT2D eigenvalue weighted by molar-refractivity contribution is 5.72. The van der Waals surface area contributed by atoms with Crippen molar-refractivity contribution in [1.29, 1.82) is 0 Å². The van der Waals surface area contributed by atoms with Gasteiger partial charge in [0.2, 0.25) is 5.91 Å². The normalized spacial score (nSPS) is 32.4. The average molecular weight is 344 g/mol. The van der Waals surface area contributed by atoms with Gasteiger partial charge in [-0.3, -0.25) is 4.79 Å². The number of hydrogen-bond donors (Lipinski definition) is 2. The molecule has 0 radical (unpaired) electrons. The molecule has 2 aliphatic carbocycles. The Morgan fingerprint density at radius 3 is 2.80 bits per heavy atom. The summed E-state index contributed by atoms with van der Waals surface area (Å²) in [4.78, 5) is 11.5. The van der Waals surface area contributed by atoms with Crippen molar-refractivity contribution in [2.75, 3.05) is 13.2 Å². The van der Waals surface area contributed by atoms with Crippen LogP contribution in [0.4, 0.5) is 0 Å². The summed E-state index contributed by atoms with van der Waals surface area (Å²) in [6.45, 7) is 9.50. The number of amides is 1. The van der Waals surface area contributed by atoms with E-state index in [1.54, 1.807) is 6.92 Å². The predicted octanol–water partition coefficient (Wildman–Crippen LogP) is 3.93. The Hall–Kier alpha value is -1.35. The lowest BCUT2D eigenvalue weighted by Crippen LogP contribution is -2.53. The molecule has 1 saturated carbocycles. The zero-order valence-electron chi connectivity index (χ0n) is 16.2. The second kappa shape index (κ2) is 6.75. The predicted molar refractivity (Wildman–Crippen MR) is 102 cm³/mol. The Morgan fingerprint density at radius 1 is 1.36 bits per heavy atom. The van der Waals surface area contributed by atoms with E-state index in [0.29, 0.717) is 5.92 Å². The molecule has 1 aromatic rings. The molecule has 2 unspecified atom stereocenters. The highest BCUT2D eigenvalue weighted by Gasteiger charge is 2.51. The third-order valence-corrected chi connectivity index (χ3v) is 7.09. The van der Waals surface area contributed by atoms with E-state index in [1.165, 1.54) is 42.4 Å². The lowest BCUT2D eigenvalue weighted by molar-refractivity contribution is -0.120. The van der Waals surface area contributed by atoms with Crippen LogP contribution in [0, 0.1) is 11.3 Å². The molecule has 4 atom stereocenters. The Balaban J connectivity index is 1.94. The maximum atomic E-state index is 11.5. The molecule has 3 nitrogen and oxygen atoms in total. The first-order chi connectivity index (χ1) is 11.8. The van der Waals surface area contributed by atoms with Crippen LogP contribution in [-0.4, -0.2) is 24.2 Å². The summed E-state index contributed by atoms with van der Waals surface area (Å²) in [5, 5.41) is 12.6. The number of aliphatic hydroxyl groups is 1. The molecule has 2 aliphatic rings. The smallest absolute Gasteiger partial charge is 0.216 e. The fourth-order valence-corrected chi connectivity index (χ4v) is 5.59. The number of carbonyl (C=O) groups excluding carboxylic acids is 1. The molecule has 0 saturated heterocycles. The molecule has 3 rings (SSSR count). The molecule has 0 aliphatic heterocycles. The third-order valence-electron chi connectivity index (χ3n) is 7.09. The van der Waals surface area contributed by atoms with E-state index in [0.717, 1.165) is 13.0 Å². The van der Waals surface area contributed by atoms with Gasteiger partial charge in [-0.05, 0) is 59.1 Å². The molecule has 1 aromatic carbocycles. The minimum atomic E-state index is 0.0762. The summed E-state index contributed by atoms with van der Waals surface area (Å²) < 4.78 is 0. The highest BCUT2D eigenvalue weighted by Crippen LogP contribution is 2.57. The molecule has 2 N–H and O–H groups in total. The maximum absolute atomic E-state index is 11.5. The van der Waals surface area contributed by atoms with Gasteiger partial charge in [0.15, 0.2) is 0 Å². The molecular formula is C22H33NO2. The van der Waals surface area contributed by atoms with E-state index in [-0.39, 0.29) is 29.3 Å². The quantitative estimate of drug-likeness (QED) is 0.870. The van der Waals surface area contributed by atoms with Crippen molar-refractivity contribution in [2.45, 2.75) is 71.1 Å². The molecule has 0 aromatic heterocycles. The van der Waals surface area contributed by atoms with Crippen LogP contribution in [0.3, 0.4) is 0 Å². The molecule has 0 spiro atoms. The number of carbonyl (C=O) groups is 1. The number of hydrogen-bond acceptors (Lipinski definition) is 2. The molecule has 138 valence electrons. The van der Waals surface area contributed by atoms with Gasteiger partial charge < -0.3 is 10.4 Å². The van der Waals surface area contributed by atoms with Gasteiger partial charge in [-0.15, -0.1) is 0 Å².